The Morgan fingerprint density at radius 2 is 1.57 bits per heavy atom. The van der Waals surface area contributed by atoms with Gasteiger partial charge in [0.25, 0.3) is 0 Å². The van der Waals surface area contributed by atoms with Crippen LogP contribution in [0.2, 0.25) is 0 Å². The second kappa shape index (κ2) is 8.23. The molecule has 1 saturated heterocycles. The van der Waals surface area contributed by atoms with Crippen molar-refractivity contribution in [1.82, 2.24) is 4.90 Å². The number of benzene rings is 2. The predicted molar refractivity (Wildman–Crippen MR) is 90.8 cm³/mol. The molecule has 1 heterocycles. The van der Waals surface area contributed by atoms with Gasteiger partial charge in [0.2, 0.25) is 0 Å². The van der Waals surface area contributed by atoms with Gasteiger partial charge in [0.15, 0.2) is 0 Å². The minimum Gasteiger partial charge on any atom is -0.372 e. The Morgan fingerprint density at radius 1 is 0.913 bits per heavy atom. The Kier molecular flexibility index (Phi) is 5.78. The van der Waals surface area contributed by atoms with Gasteiger partial charge in [0, 0.05) is 25.6 Å². The van der Waals surface area contributed by atoms with Gasteiger partial charge in [-0.1, -0.05) is 60.7 Å². The summed E-state index contributed by atoms with van der Waals surface area (Å²) in [6.07, 6.45) is 0.919. The molecule has 122 valence electrons. The van der Waals surface area contributed by atoms with Crippen molar-refractivity contribution in [3.05, 3.63) is 71.8 Å². The zero-order valence-corrected chi connectivity index (χ0v) is 13.4. The van der Waals surface area contributed by atoms with E-state index in [0.29, 0.717) is 6.61 Å². The predicted octanol–water partition coefficient (Wildman–Crippen LogP) is 4.06. The number of piperidine rings is 1. The van der Waals surface area contributed by atoms with Crippen LogP contribution in [-0.4, -0.2) is 30.8 Å². The molecule has 3 heteroatoms. The van der Waals surface area contributed by atoms with Crippen LogP contribution in [0.1, 0.15) is 17.5 Å². The Bertz CT molecular complexity index is 575. The van der Waals surface area contributed by atoms with Crippen LogP contribution in [0.4, 0.5) is 4.39 Å². The van der Waals surface area contributed by atoms with Gasteiger partial charge in [-0.05, 0) is 17.5 Å². The highest BCUT2D eigenvalue weighted by Gasteiger charge is 2.27. The number of hydrogen-bond donors (Lipinski definition) is 0. The molecular formula is C20H24FNO. The molecule has 0 saturated carbocycles. The summed E-state index contributed by atoms with van der Waals surface area (Å²) in [7, 11) is 0. The van der Waals surface area contributed by atoms with E-state index in [0.717, 1.165) is 26.1 Å². The molecule has 0 bridgehead atoms. The molecule has 2 unspecified atom stereocenters. The monoisotopic (exact) mass is 313 g/mol. The van der Waals surface area contributed by atoms with Crippen LogP contribution in [0.5, 0.6) is 0 Å². The molecule has 0 aliphatic carbocycles. The number of ether oxygens (including phenoxy) is 1. The second-order valence-corrected chi connectivity index (χ2v) is 6.35. The van der Waals surface area contributed by atoms with Gasteiger partial charge in [0.1, 0.15) is 0 Å². The number of hydrogen-bond acceptors (Lipinski definition) is 2. The molecule has 1 fully saturated rings. The maximum Gasteiger partial charge on any atom is 0.0935 e. The molecule has 2 aromatic rings. The molecule has 0 amide bonds. The Labute approximate surface area is 137 Å². The van der Waals surface area contributed by atoms with Crippen LogP contribution in [0, 0.1) is 5.92 Å². The van der Waals surface area contributed by atoms with E-state index in [1.807, 2.05) is 24.3 Å². The Hall–Kier alpha value is -1.71. The van der Waals surface area contributed by atoms with Crippen molar-refractivity contribution < 1.29 is 9.13 Å². The van der Waals surface area contributed by atoms with E-state index in [9.17, 15) is 4.39 Å². The zero-order chi connectivity index (χ0) is 15.9. The lowest BCUT2D eigenvalue weighted by molar-refractivity contribution is -0.0341. The number of halogens is 1. The molecule has 2 atom stereocenters. The van der Waals surface area contributed by atoms with E-state index >= 15 is 0 Å². The van der Waals surface area contributed by atoms with Gasteiger partial charge in [-0.3, -0.25) is 9.29 Å². The highest BCUT2D eigenvalue weighted by atomic mass is 19.1. The summed E-state index contributed by atoms with van der Waals surface area (Å²) in [6.45, 7) is 2.89. The number of rotatable bonds is 6. The van der Waals surface area contributed by atoms with Crippen molar-refractivity contribution in [2.24, 2.45) is 5.92 Å². The van der Waals surface area contributed by atoms with Crippen LogP contribution in [0.25, 0.3) is 0 Å². The summed E-state index contributed by atoms with van der Waals surface area (Å²) >= 11 is 0. The third kappa shape index (κ3) is 4.88. The van der Waals surface area contributed by atoms with E-state index in [1.54, 1.807) is 0 Å². The van der Waals surface area contributed by atoms with Gasteiger partial charge in [-0.15, -0.1) is 0 Å². The van der Waals surface area contributed by atoms with Gasteiger partial charge < -0.3 is 4.74 Å². The van der Waals surface area contributed by atoms with Crippen molar-refractivity contribution in [1.29, 1.82) is 0 Å². The maximum absolute atomic E-state index is 13.2. The lowest BCUT2D eigenvalue weighted by Gasteiger charge is -2.36. The number of likely N-dealkylation sites (tertiary alicyclic amines) is 1. The Morgan fingerprint density at radius 3 is 2.22 bits per heavy atom. The first-order chi connectivity index (χ1) is 11.3. The van der Waals surface area contributed by atoms with Gasteiger partial charge >= 0.3 is 0 Å². The molecule has 23 heavy (non-hydrogen) atoms. The fraction of sp³-hybridized carbons (Fsp3) is 0.400. The fourth-order valence-corrected chi connectivity index (χ4v) is 3.24. The first kappa shape index (κ1) is 16.2. The average Bonchev–Trinajstić information content (AvgIpc) is 2.61. The van der Waals surface area contributed by atoms with Crippen LogP contribution < -0.4 is 0 Å². The highest BCUT2D eigenvalue weighted by Crippen LogP contribution is 2.22. The minimum absolute atomic E-state index is 0.0771. The largest absolute Gasteiger partial charge is 0.372 e. The van der Waals surface area contributed by atoms with Crippen molar-refractivity contribution in [3.8, 4) is 0 Å². The molecule has 1 aliphatic heterocycles. The standard InChI is InChI=1S/C20H24FNO/c21-12-19-11-20(23-16-18-9-5-2-6-10-18)15-22(14-19)13-17-7-3-1-4-8-17/h1-10,19-20H,11-16H2. The van der Waals surface area contributed by atoms with Crippen LogP contribution in [0.3, 0.4) is 0 Å². The first-order valence-electron chi connectivity index (χ1n) is 8.31. The smallest absolute Gasteiger partial charge is 0.0935 e. The van der Waals surface area contributed by atoms with Gasteiger partial charge in [0.05, 0.1) is 19.4 Å². The summed E-state index contributed by atoms with van der Waals surface area (Å²) in [5, 5.41) is 0. The fourth-order valence-electron chi connectivity index (χ4n) is 3.24. The lowest BCUT2D eigenvalue weighted by Crippen LogP contribution is -2.44. The van der Waals surface area contributed by atoms with E-state index in [2.05, 4.69) is 41.3 Å². The maximum atomic E-state index is 13.2. The molecule has 2 nitrogen and oxygen atoms in total. The molecule has 0 spiro atoms. The zero-order valence-electron chi connectivity index (χ0n) is 13.4. The molecule has 1 aliphatic rings. The van der Waals surface area contributed by atoms with E-state index in [4.69, 9.17) is 4.74 Å². The topological polar surface area (TPSA) is 12.5 Å². The lowest BCUT2D eigenvalue weighted by atomic mass is 9.96. The van der Waals surface area contributed by atoms with Gasteiger partial charge in [-0.2, -0.15) is 0 Å². The van der Waals surface area contributed by atoms with Crippen molar-refractivity contribution in [2.45, 2.75) is 25.7 Å². The Balaban J connectivity index is 1.57. The summed E-state index contributed by atoms with van der Waals surface area (Å²) in [5.41, 5.74) is 2.44. The van der Waals surface area contributed by atoms with E-state index in [1.165, 1.54) is 11.1 Å². The normalized spacial score (nSPS) is 22.1. The minimum atomic E-state index is -0.267. The first-order valence-corrected chi connectivity index (χ1v) is 8.31. The van der Waals surface area contributed by atoms with E-state index in [-0.39, 0.29) is 18.7 Å². The molecular weight excluding hydrogens is 289 g/mol. The number of nitrogens with zero attached hydrogens (tertiary/aromatic N) is 1. The van der Waals surface area contributed by atoms with Crippen LogP contribution in [0.15, 0.2) is 60.7 Å². The van der Waals surface area contributed by atoms with Crippen molar-refractivity contribution in [2.75, 3.05) is 19.8 Å². The van der Waals surface area contributed by atoms with Gasteiger partial charge in [-0.25, -0.2) is 0 Å². The average molecular weight is 313 g/mol. The molecule has 3 rings (SSSR count). The van der Waals surface area contributed by atoms with E-state index < -0.39 is 0 Å². The molecule has 0 aromatic heterocycles. The highest BCUT2D eigenvalue weighted by molar-refractivity contribution is 5.15. The third-order valence-corrected chi connectivity index (χ3v) is 4.37. The summed E-state index contributed by atoms with van der Waals surface area (Å²) < 4.78 is 19.3. The summed E-state index contributed by atoms with van der Waals surface area (Å²) in [4.78, 5) is 2.32. The quantitative estimate of drug-likeness (QED) is 0.797. The van der Waals surface area contributed by atoms with Crippen molar-refractivity contribution in [3.63, 3.8) is 0 Å². The molecule has 0 N–H and O–H groups in total. The molecule has 0 radical (unpaired) electrons. The number of alkyl halides is 1. The third-order valence-electron chi connectivity index (χ3n) is 4.37. The summed E-state index contributed by atoms with van der Waals surface area (Å²) in [5.74, 6) is 0.0771. The molecule has 2 aromatic carbocycles. The van der Waals surface area contributed by atoms with Crippen molar-refractivity contribution >= 4 is 0 Å². The van der Waals surface area contributed by atoms with Crippen LogP contribution >= 0.6 is 0 Å². The summed E-state index contributed by atoms with van der Waals surface area (Å²) in [6, 6.07) is 20.6. The second-order valence-electron chi connectivity index (χ2n) is 6.35. The van der Waals surface area contributed by atoms with Crippen LogP contribution in [-0.2, 0) is 17.9 Å². The SMILES string of the molecule is FCC1CC(OCc2ccccc2)CN(Cc2ccccc2)C1.